The van der Waals surface area contributed by atoms with Gasteiger partial charge >= 0.3 is 0 Å². The fourth-order valence-electron chi connectivity index (χ4n) is 1.70. The number of amides is 2. The summed E-state index contributed by atoms with van der Waals surface area (Å²) >= 11 is 5.24. The number of para-hydroxylation sites is 1. The number of carbonyl (C=O) groups is 2. The van der Waals surface area contributed by atoms with Crippen LogP contribution in [0, 0.1) is 11.8 Å². The van der Waals surface area contributed by atoms with Crippen LogP contribution in [-0.4, -0.2) is 16.8 Å². The molecule has 1 rings (SSSR count). The highest BCUT2D eigenvalue weighted by molar-refractivity contribution is 7.80. The highest BCUT2D eigenvalue weighted by Crippen LogP contribution is 2.19. The predicted octanol–water partition coefficient (Wildman–Crippen LogP) is 1.04. The van der Waals surface area contributed by atoms with Crippen LogP contribution < -0.4 is 16.8 Å². The van der Waals surface area contributed by atoms with Crippen molar-refractivity contribution in [3.05, 3.63) is 30.3 Å². The summed E-state index contributed by atoms with van der Waals surface area (Å²) < 4.78 is 0. The highest BCUT2D eigenvalue weighted by atomic mass is 32.1. The summed E-state index contributed by atoms with van der Waals surface area (Å²) in [5.41, 5.74) is 11.2. The van der Waals surface area contributed by atoms with Gasteiger partial charge in [-0.1, -0.05) is 37.3 Å². The lowest BCUT2D eigenvalue weighted by Crippen LogP contribution is -2.37. The van der Waals surface area contributed by atoms with Crippen molar-refractivity contribution in [2.75, 3.05) is 5.32 Å². The molecule has 0 saturated heterocycles. The maximum absolute atomic E-state index is 11.4. The SMILES string of the molecule is CC(C(=S)Nc1ccccc1)C(CC(N)=O)C(N)=O. The number of rotatable bonds is 6. The molecule has 1 aromatic rings. The average molecular weight is 279 g/mol. The Morgan fingerprint density at radius 3 is 2.32 bits per heavy atom. The van der Waals surface area contributed by atoms with E-state index >= 15 is 0 Å². The zero-order valence-electron chi connectivity index (χ0n) is 10.6. The minimum atomic E-state index is -0.693. The minimum absolute atomic E-state index is 0.104. The van der Waals surface area contributed by atoms with Crippen LogP contribution in [0.5, 0.6) is 0 Å². The van der Waals surface area contributed by atoms with E-state index in [0.29, 0.717) is 4.99 Å². The van der Waals surface area contributed by atoms with Crippen LogP contribution in [0.25, 0.3) is 0 Å². The van der Waals surface area contributed by atoms with E-state index in [1.807, 2.05) is 30.3 Å². The van der Waals surface area contributed by atoms with Gasteiger partial charge in [-0.05, 0) is 12.1 Å². The van der Waals surface area contributed by atoms with Gasteiger partial charge in [0, 0.05) is 18.0 Å². The molecule has 2 atom stereocenters. The number of primary amides is 2. The molecule has 5 N–H and O–H groups in total. The Morgan fingerprint density at radius 2 is 1.84 bits per heavy atom. The average Bonchev–Trinajstić information content (AvgIpc) is 2.35. The van der Waals surface area contributed by atoms with Gasteiger partial charge in [0.25, 0.3) is 0 Å². The van der Waals surface area contributed by atoms with Crippen molar-refractivity contribution < 1.29 is 9.59 Å². The third-order valence-electron chi connectivity index (χ3n) is 2.84. The zero-order chi connectivity index (χ0) is 14.4. The van der Waals surface area contributed by atoms with Gasteiger partial charge in [0.15, 0.2) is 0 Å². The summed E-state index contributed by atoms with van der Waals surface area (Å²) in [5, 5.41) is 3.02. The standard InChI is InChI=1S/C13H17N3O2S/c1-8(10(12(15)18)7-11(14)17)13(19)16-9-5-3-2-4-6-9/h2-6,8,10H,7H2,1H3,(H2,14,17)(H2,15,18)(H,16,19). The lowest BCUT2D eigenvalue weighted by molar-refractivity contribution is -0.127. The van der Waals surface area contributed by atoms with E-state index < -0.39 is 17.7 Å². The summed E-state index contributed by atoms with van der Waals surface area (Å²) in [5.74, 6) is -2.21. The first-order valence-corrected chi connectivity index (χ1v) is 6.26. The molecule has 0 heterocycles. The van der Waals surface area contributed by atoms with E-state index in [2.05, 4.69) is 5.32 Å². The second kappa shape index (κ2) is 6.84. The third-order valence-corrected chi connectivity index (χ3v) is 3.32. The lowest BCUT2D eigenvalue weighted by Gasteiger charge is -2.21. The van der Waals surface area contributed by atoms with Crippen LogP contribution >= 0.6 is 12.2 Å². The summed E-state index contributed by atoms with van der Waals surface area (Å²) in [6, 6.07) is 9.32. The summed E-state index contributed by atoms with van der Waals surface area (Å²) in [4.78, 5) is 22.8. The molecule has 19 heavy (non-hydrogen) atoms. The molecule has 0 bridgehead atoms. The van der Waals surface area contributed by atoms with Crippen molar-refractivity contribution in [3.63, 3.8) is 0 Å². The summed E-state index contributed by atoms with van der Waals surface area (Å²) in [6.45, 7) is 1.75. The molecule has 0 saturated carbocycles. The Bertz CT molecular complexity index is 476. The molecule has 2 amide bonds. The molecule has 0 aliphatic heterocycles. The molecule has 102 valence electrons. The molecule has 5 nitrogen and oxygen atoms in total. The first-order chi connectivity index (χ1) is 8.91. The number of nitrogens with one attached hydrogen (secondary N) is 1. The van der Waals surface area contributed by atoms with Crippen LogP contribution in [0.2, 0.25) is 0 Å². The van der Waals surface area contributed by atoms with Gasteiger partial charge in [0.1, 0.15) is 0 Å². The molecule has 6 heteroatoms. The van der Waals surface area contributed by atoms with Crippen molar-refractivity contribution in [3.8, 4) is 0 Å². The number of nitrogens with two attached hydrogens (primary N) is 2. The predicted molar refractivity (Wildman–Crippen MR) is 78.3 cm³/mol. The topological polar surface area (TPSA) is 98.2 Å². The Hall–Kier alpha value is -1.95. The number of thiocarbonyl (C=S) groups is 1. The minimum Gasteiger partial charge on any atom is -0.370 e. The maximum atomic E-state index is 11.4. The van der Waals surface area contributed by atoms with Crippen LogP contribution in [-0.2, 0) is 9.59 Å². The molecule has 0 fully saturated rings. The van der Waals surface area contributed by atoms with Crippen molar-refractivity contribution in [1.29, 1.82) is 0 Å². The van der Waals surface area contributed by atoms with Gasteiger partial charge in [-0.15, -0.1) is 0 Å². The van der Waals surface area contributed by atoms with E-state index in [1.54, 1.807) is 6.92 Å². The first kappa shape index (κ1) is 15.1. The van der Waals surface area contributed by atoms with E-state index in [9.17, 15) is 9.59 Å². The normalized spacial score (nSPS) is 13.3. The number of carbonyl (C=O) groups excluding carboxylic acids is 2. The Morgan fingerprint density at radius 1 is 1.26 bits per heavy atom. The first-order valence-electron chi connectivity index (χ1n) is 5.85. The Balaban J connectivity index is 2.73. The van der Waals surface area contributed by atoms with Gasteiger partial charge in [0.2, 0.25) is 11.8 Å². The van der Waals surface area contributed by atoms with Crippen LogP contribution in [0.1, 0.15) is 13.3 Å². The molecule has 0 aliphatic rings. The van der Waals surface area contributed by atoms with Crippen molar-refractivity contribution >= 4 is 34.7 Å². The smallest absolute Gasteiger partial charge is 0.221 e. The zero-order valence-corrected chi connectivity index (χ0v) is 11.4. The van der Waals surface area contributed by atoms with Crippen LogP contribution in [0.3, 0.4) is 0 Å². The van der Waals surface area contributed by atoms with Crippen molar-refractivity contribution in [2.45, 2.75) is 13.3 Å². The van der Waals surface area contributed by atoms with E-state index in [4.69, 9.17) is 23.7 Å². The molecular weight excluding hydrogens is 262 g/mol. The Labute approximate surface area is 117 Å². The van der Waals surface area contributed by atoms with E-state index in [1.165, 1.54) is 0 Å². The monoisotopic (exact) mass is 279 g/mol. The third kappa shape index (κ3) is 4.67. The van der Waals surface area contributed by atoms with Gasteiger partial charge in [-0.2, -0.15) is 0 Å². The van der Waals surface area contributed by atoms with Gasteiger partial charge < -0.3 is 16.8 Å². The molecule has 1 aromatic carbocycles. The van der Waals surface area contributed by atoms with E-state index in [-0.39, 0.29) is 12.3 Å². The van der Waals surface area contributed by atoms with Crippen molar-refractivity contribution in [1.82, 2.24) is 0 Å². The van der Waals surface area contributed by atoms with Gasteiger partial charge in [0.05, 0.1) is 10.9 Å². The van der Waals surface area contributed by atoms with Crippen LogP contribution in [0.15, 0.2) is 30.3 Å². The molecule has 0 spiro atoms. The summed E-state index contributed by atoms with van der Waals surface area (Å²) in [7, 11) is 0. The molecule has 0 aromatic heterocycles. The fourth-order valence-corrected chi connectivity index (χ4v) is 1.98. The maximum Gasteiger partial charge on any atom is 0.221 e. The largest absolute Gasteiger partial charge is 0.370 e. The highest BCUT2D eigenvalue weighted by Gasteiger charge is 2.27. The second-order valence-corrected chi connectivity index (χ2v) is 4.76. The molecule has 2 unspecified atom stereocenters. The van der Waals surface area contributed by atoms with Gasteiger partial charge in [-0.3, -0.25) is 9.59 Å². The Kier molecular flexibility index (Phi) is 5.44. The molecule has 0 aliphatic carbocycles. The van der Waals surface area contributed by atoms with Crippen molar-refractivity contribution in [2.24, 2.45) is 23.3 Å². The van der Waals surface area contributed by atoms with Crippen LogP contribution in [0.4, 0.5) is 5.69 Å². The molecular formula is C13H17N3O2S. The number of hydrogen-bond acceptors (Lipinski definition) is 3. The van der Waals surface area contributed by atoms with E-state index in [0.717, 1.165) is 5.69 Å². The second-order valence-electron chi connectivity index (χ2n) is 4.32. The summed E-state index contributed by atoms with van der Waals surface area (Å²) in [6.07, 6.45) is -0.104. The fraction of sp³-hybridized carbons (Fsp3) is 0.308. The van der Waals surface area contributed by atoms with Gasteiger partial charge in [-0.25, -0.2) is 0 Å². The quantitative estimate of drug-likeness (QED) is 0.678. The number of anilines is 1. The number of hydrogen-bond donors (Lipinski definition) is 3. The molecule has 0 radical (unpaired) electrons. The lowest BCUT2D eigenvalue weighted by atomic mass is 9.89. The number of benzene rings is 1.